The van der Waals surface area contributed by atoms with Crippen LogP contribution in [0.5, 0.6) is 5.75 Å². The quantitative estimate of drug-likeness (QED) is 0.919. The first-order valence-corrected chi connectivity index (χ1v) is 7.95. The summed E-state index contributed by atoms with van der Waals surface area (Å²) >= 11 is 3.43. The highest BCUT2D eigenvalue weighted by atomic mass is 79.9. The minimum Gasteiger partial charge on any atom is -0.485 e. The summed E-state index contributed by atoms with van der Waals surface area (Å²) < 4.78 is 8.94. The Hall–Kier alpha value is -1.40. The van der Waals surface area contributed by atoms with Crippen molar-refractivity contribution < 1.29 is 9.84 Å². The van der Waals surface area contributed by atoms with Crippen molar-refractivity contribution in [2.45, 2.75) is 45.4 Å². The summed E-state index contributed by atoms with van der Waals surface area (Å²) in [6, 6.07) is 5.63. The molecule has 6 heteroatoms. The number of aliphatic hydroxyl groups is 1. The normalized spacial score (nSPS) is 15.6. The van der Waals surface area contributed by atoms with Gasteiger partial charge in [-0.05, 0) is 31.9 Å². The molecule has 0 bridgehead atoms. The Morgan fingerprint density at radius 1 is 1.38 bits per heavy atom. The molecule has 0 amide bonds. The van der Waals surface area contributed by atoms with Gasteiger partial charge in [0.05, 0.1) is 6.10 Å². The van der Waals surface area contributed by atoms with Gasteiger partial charge in [0.15, 0.2) is 5.82 Å². The van der Waals surface area contributed by atoms with Crippen molar-refractivity contribution in [3.05, 3.63) is 39.9 Å². The number of halogens is 1. The van der Waals surface area contributed by atoms with Gasteiger partial charge in [-0.3, -0.25) is 0 Å². The number of hydrogen-bond donors (Lipinski definition) is 1. The highest BCUT2D eigenvalue weighted by molar-refractivity contribution is 9.10. The number of nitrogens with zero attached hydrogens (tertiary/aromatic N) is 3. The molecule has 1 aliphatic heterocycles. The Balaban J connectivity index is 1.79. The lowest BCUT2D eigenvalue weighted by Crippen LogP contribution is -2.14. The Kier molecular flexibility index (Phi) is 4.26. The Bertz CT molecular complexity index is 640. The Labute approximate surface area is 132 Å². The van der Waals surface area contributed by atoms with Crippen LogP contribution < -0.4 is 4.74 Å². The summed E-state index contributed by atoms with van der Waals surface area (Å²) in [6.07, 6.45) is 2.76. The van der Waals surface area contributed by atoms with Crippen molar-refractivity contribution in [1.82, 2.24) is 14.8 Å². The highest BCUT2D eigenvalue weighted by Crippen LogP contribution is 2.29. The standard InChI is InChI=1S/C15H18BrN3O2/c1-10(20)12-6-5-11(16)8-13(12)21-9-15-18-17-14-4-2-3-7-19(14)15/h5-6,8,10,20H,2-4,7,9H2,1H3/t10-/m1/s1. The van der Waals surface area contributed by atoms with E-state index in [1.807, 2.05) is 18.2 Å². The van der Waals surface area contributed by atoms with E-state index < -0.39 is 6.10 Å². The fourth-order valence-corrected chi connectivity index (χ4v) is 2.94. The highest BCUT2D eigenvalue weighted by Gasteiger charge is 2.17. The second-order valence-electron chi connectivity index (χ2n) is 5.29. The predicted octanol–water partition coefficient (Wildman–Crippen LogP) is 3.01. The molecule has 1 aromatic heterocycles. The average molecular weight is 352 g/mol. The topological polar surface area (TPSA) is 60.2 Å². The zero-order valence-electron chi connectivity index (χ0n) is 11.9. The third-order valence-electron chi connectivity index (χ3n) is 3.72. The first-order chi connectivity index (χ1) is 10.1. The molecule has 1 aromatic carbocycles. The van der Waals surface area contributed by atoms with E-state index in [0.717, 1.165) is 41.1 Å². The van der Waals surface area contributed by atoms with Crippen LogP contribution in [0.3, 0.4) is 0 Å². The molecule has 0 spiro atoms. The second-order valence-corrected chi connectivity index (χ2v) is 6.20. The number of ether oxygens (including phenoxy) is 1. The lowest BCUT2D eigenvalue weighted by Gasteiger charge is -2.16. The SMILES string of the molecule is C[C@@H](O)c1ccc(Br)cc1OCc1nnc2n1CCCC2. The number of hydrogen-bond acceptors (Lipinski definition) is 4. The smallest absolute Gasteiger partial charge is 0.171 e. The van der Waals surface area contributed by atoms with Gasteiger partial charge in [0.2, 0.25) is 0 Å². The van der Waals surface area contributed by atoms with Crippen molar-refractivity contribution >= 4 is 15.9 Å². The average Bonchev–Trinajstić information content (AvgIpc) is 2.88. The fraction of sp³-hybridized carbons (Fsp3) is 0.467. The molecule has 112 valence electrons. The predicted molar refractivity (Wildman–Crippen MR) is 82.1 cm³/mol. The van der Waals surface area contributed by atoms with Gasteiger partial charge in [-0.25, -0.2) is 0 Å². The van der Waals surface area contributed by atoms with Crippen LogP contribution in [0.4, 0.5) is 0 Å². The number of aryl methyl sites for hydroxylation is 1. The molecule has 0 fully saturated rings. The number of fused-ring (bicyclic) bond motifs is 1. The van der Waals surface area contributed by atoms with E-state index in [1.165, 1.54) is 6.42 Å². The van der Waals surface area contributed by atoms with Crippen molar-refractivity contribution in [3.8, 4) is 5.75 Å². The maximum Gasteiger partial charge on any atom is 0.171 e. The van der Waals surface area contributed by atoms with Crippen LogP contribution in [0.25, 0.3) is 0 Å². The minimum absolute atomic E-state index is 0.364. The molecule has 0 radical (unpaired) electrons. The summed E-state index contributed by atoms with van der Waals surface area (Å²) in [6.45, 7) is 3.06. The molecule has 0 unspecified atom stereocenters. The number of aliphatic hydroxyl groups excluding tert-OH is 1. The van der Waals surface area contributed by atoms with Gasteiger partial charge in [-0.1, -0.05) is 22.0 Å². The van der Waals surface area contributed by atoms with Crippen LogP contribution >= 0.6 is 15.9 Å². The molecule has 1 N–H and O–H groups in total. The maximum atomic E-state index is 9.82. The third-order valence-corrected chi connectivity index (χ3v) is 4.21. The van der Waals surface area contributed by atoms with Crippen molar-refractivity contribution in [1.29, 1.82) is 0 Å². The molecule has 3 rings (SSSR count). The van der Waals surface area contributed by atoms with Crippen LogP contribution in [0.15, 0.2) is 22.7 Å². The lowest BCUT2D eigenvalue weighted by atomic mass is 10.1. The molecule has 1 atom stereocenters. The lowest BCUT2D eigenvalue weighted by molar-refractivity contribution is 0.189. The number of aromatic nitrogens is 3. The van der Waals surface area contributed by atoms with Crippen molar-refractivity contribution in [2.75, 3.05) is 0 Å². The van der Waals surface area contributed by atoms with E-state index >= 15 is 0 Å². The molecule has 0 saturated carbocycles. The zero-order valence-corrected chi connectivity index (χ0v) is 13.5. The summed E-state index contributed by atoms with van der Waals surface area (Å²) in [4.78, 5) is 0. The second kappa shape index (κ2) is 6.15. The molecule has 1 aliphatic rings. The summed E-state index contributed by atoms with van der Waals surface area (Å²) in [5.74, 6) is 2.57. The van der Waals surface area contributed by atoms with Crippen LogP contribution in [-0.2, 0) is 19.6 Å². The van der Waals surface area contributed by atoms with Gasteiger partial charge < -0.3 is 14.4 Å². The van der Waals surface area contributed by atoms with E-state index in [1.54, 1.807) is 6.92 Å². The first kappa shape index (κ1) is 14.5. The van der Waals surface area contributed by atoms with Crippen LogP contribution in [0.2, 0.25) is 0 Å². The molecular weight excluding hydrogens is 334 g/mol. The monoisotopic (exact) mass is 351 g/mol. The van der Waals surface area contributed by atoms with Gasteiger partial charge in [-0.2, -0.15) is 0 Å². The zero-order chi connectivity index (χ0) is 14.8. The van der Waals surface area contributed by atoms with Gasteiger partial charge in [0.25, 0.3) is 0 Å². The van der Waals surface area contributed by atoms with E-state index in [2.05, 4.69) is 30.7 Å². The molecule has 5 nitrogen and oxygen atoms in total. The molecule has 21 heavy (non-hydrogen) atoms. The van der Waals surface area contributed by atoms with Gasteiger partial charge >= 0.3 is 0 Å². The van der Waals surface area contributed by atoms with Gasteiger partial charge in [0, 0.05) is 23.0 Å². The molecule has 2 heterocycles. The Morgan fingerprint density at radius 2 is 2.24 bits per heavy atom. The van der Waals surface area contributed by atoms with Crippen molar-refractivity contribution in [2.24, 2.45) is 0 Å². The van der Waals surface area contributed by atoms with Gasteiger partial charge in [0.1, 0.15) is 18.2 Å². The maximum absolute atomic E-state index is 9.82. The summed E-state index contributed by atoms with van der Waals surface area (Å²) in [5, 5.41) is 18.3. The van der Waals surface area contributed by atoms with Crippen molar-refractivity contribution in [3.63, 3.8) is 0 Å². The van der Waals surface area contributed by atoms with Crippen LogP contribution in [0.1, 0.15) is 43.1 Å². The van der Waals surface area contributed by atoms with Crippen LogP contribution in [-0.4, -0.2) is 19.9 Å². The Morgan fingerprint density at radius 3 is 3.05 bits per heavy atom. The number of rotatable bonds is 4. The largest absolute Gasteiger partial charge is 0.485 e. The van der Waals surface area contributed by atoms with E-state index in [-0.39, 0.29) is 0 Å². The van der Waals surface area contributed by atoms with Gasteiger partial charge in [-0.15, -0.1) is 10.2 Å². The molecular formula is C15H18BrN3O2. The number of benzene rings is 1. The van der Waals surface area contributed by atoms with E-state index in [0.29, 0.717) is 12.4 Å². The summed E-state index contributed by atoms with van der Waals surface area (Å²) in [5.41, 5.74) is 0.775. The molecule has 0 saturated heterocycles. The van der Waals surface area contributed by atoms with E-state index in [4.69, 9.17) is 4.74 Å². The molecule has 2 aromatic rings. The fourth-order valence-electron chi connectivity index (χ4n) is 2.60. The molecule has 0 aliphatic carbocycles. The summed E-state index contributed by atoms with van der Waals surface area (Å²) in [7, 11) is 0. The first-order valence-electron chi connectivity index (χ1n) is 7.16. The minimum atomic E-state index is -0.569. The van der Waals surface area contributed by atoms with E-state index in [9.17, 15) is 5.11 Å². The van der Waals surface area contributed by atoms with Crippen LogP contribution in [0, 0.1) is 0 Å². The third kappa shape index (κ3) is 3.11.